The van der Waals surface area contributed by atoms with Crippen LogP contribution in [0.4, 0.5) is 14.9 Å². The number of hydrogen-bond acceptors (Lipinski definition) is 4. The highest BCUT2D eigenvalue weighted by molar-refractivity contribution is 5.89. The van der Waals surface area contributed by atoms with E-state index in [1.165, 1.54) is 19.1 Å². The van der Waals surface area contributed by atoms with Crippen LogP contribution in [0.3, 0.4) is 0 Å². The molecule has 1 saturated heterocycles. The van der Waals surface area contributed by atoms with Gasteiger partial charge >= 0.3 is 6.03 Å². The molecule has 0 aromatic heterocycles. The Hall–Kier alpha value is -3.13. The van der Waals surface area contributed by atoms with Gasteiger partial charge in [0.15, 0.2) is 0 Å². The summed E-state index contributed by atoms with van der Waals surface area (Å²) in [5, 5.41) is 8.62. The summed E-state index contributed by atoms with van der Waals surface area (Å²) >= 11 is 0. The highest BCUT2D eigenvalue weighted by Crippen LogP contribution is 2.31. The van der Waals surface area contributed by atoms with Gasteiger partial charge in [-0.05, 0) is 88.1 Å². The third-order valence-corrected chi connectivity index (χ3v) is 5.95. The highest BCUT2D eigenvalue weighted by Gasteiger charge is 2.28. The van der Waals surface area contributed by atoms with E-state index in [0.717, 1.165) is 37.2 Å². The van der Waals surface area contributed by atoms with E-state index >= 15 is 0 Å². The molecule has 0 saturated carbocycles. The lowest BCUT2D eigenvalue weighted by atomic mass is 9.85. The van der Waals surface area contributed by atoms with Gasteiger partial charge in [0.2, 0.25) is 5.91 Å². The Morgan fingerprint density at radius 3 is 2.41 bits per heavy atom. The van der Waals surface area contributed by atoms with E-state index in [9.17, 15) is 14.0 Å². The van der Waals surface area contributed by atoms with Crippen molar-refractivity contribution in [1.29, 1.82) is 0 Å². The fraction of sp³-hybridized carbons (Fsp3) is 0.462. The molecule has 1 heterocycles. The minimum Gasteiger partial charge on any atom is -0.491 e. The predicted octanol–water partition coefficient (Wildman–Crippen LogP) is 4.45. The van der Waals surface area contributed by atoms with Crippen LogP contribution in [0.25, 0.3) is 0 Å². The van der Waals surface area contributed by atoms with Gasteiger partial charge in [-0.15, -0.1) is 0 Å². The van der Waals surface area contributed by atoms with Gasteiger partial charge in [-0.2, -0.15) is 0 Å². The lowest BCUT2D eigenvalue weighted by Gasteiger charge is -2.35. The fourth-order valence-electron chi connectivity index (χ4n) is 4.24. The maximum atomic E-state index is 13.6. The Labute approximate surface area is 201 Å². The number of rotatable bonds is 8. The van der Waals surface area contributed by atoms with Crippen LogP contribution in [0, 0.1) is 11.7 Å². The van der Waals surface area contributed by atoms with Gasteiger partial charge in [0.25, 0.3) is 0 Å². The number of piperidine rings is 1. The van der Waals surface area contributed by atoms with Crippen LogP contribution in [0.2, 0.25) is 0 Å². The number of carbonyl (C=O) groups excluding carboxylic acids is 2. The van der Waals surface area contributed by atoms with Crippen LogP contribution >= 0.6 is 0 Å². The standard InChI is InChI=1S/C26H35FN4O3/c1-17(2)34-23-9-6-19(7-10-23)25(20-11-13-31(4)14-12-20)30-26(33)28-16-21-5-8-22(27)15-24(21)29-18(3)32/h5-10,15,17,20,25H,11-14,16H2,1-4H3,(H,29,32)(H2,28,30,33). The first-order valence-electron chi connectivity index (χ1n) is 11.8. The number of amides is 3. The maximum Gasteiger partial charge on any atom is 0.315 e. The van der Waals surface area contributed by atoms with E-state index in [1.807, 2.05) is 38.1 Å². The molecule has 1 aliphatic rings. The molecule has 3 amide bonds. The van der Waals surface area contributed by atoms with E-state index in [2.05, 4.69) is 27.9 Å². The summed E-state index contributed by atoms with van der Waals surface area (Å²) in [6.07, 6.45) is 2.06. The third kappa shape index (κ3) is 7.45. The second-order valence-electron chi connectivity index (χ2n) is 9.16. The van der Waals surface area contributed by atoms with Gasteiger partial charge in [0.1, 0.15) is 11.6 Å². The van der Waals surface area contributed by atoms with E-state index < -0.39 is 5.82 Å². The molecule has 2 aromatic rings. The molecule has 184 valence electrons. The second-order valence-corrected chi connectivity index (χ2v) is 9.16. The number of urea groups is 1. The number of ether oxygens (including phenoxy) is 1. The summed E-state index contributed by atoms with van der Waals surface area (Å²) < 4.78 is 19.4. The van der Waals surface area contributed by atoms with Gasteiger partial charge in [-0.3, -0.25) is 4.79 Å². The molecule has 1 aliphatic heterocycles. The zero-order valence-electron chi connectivity index (χ0n) is 20.4. The number of nitrogens with zero attached hydrogens (tertiary/aromatic N) is 1. The molecule has 2 aromatic carbocycles. The van der Waals surface area contributed by atoms with Crippen LogP contribution in [0.15, 0.2) is 42.5 Å². The van der Waals surface area contributed by atoms with Crippen molar-refractivity contribution in [3.63, 3.8) is 0 Å². The van der Waals surface area contributed by atoms with Crippen molar-refractivity contribution < 1.29 is 18.7 Å². The van der Waals surface area contributed by atoms with Gasteiger partial charge in [0.05, 0.1) is 12.1 Å². The summed E-state index contributed by atoms with van der Waals surface area (Å²) in [5.74, 6) is 0.347. The SMILES string of the molecule is CC(=O)Nc1cc(F)ccc1CNC(=O)NC(c1ccc(OC(C)C)cc1)C1CCN(C)CC1. The number of benzene rings is 2. The zero-order chi connectivity index (χ0) is 24.7. The topological polar surface area (TPSA) is 82.7 Å². The first-order valence-corrected chi connectivity index (χ1v) is 11.8. The van der Waals surface area contributed by atoms with E-state index in [-0.39, 0.29) is 30.6 Å². The van der Waals surface area contributed by atoms with Gasteiger partial charge in [0, 0.05) is 19.2 Å². The Balaban J connectivity index is 1.71. The predicted molar refractivity (Wildman–Crippen MR) is 131 cm³/mol. The lowest BCUT2D eigenvalue weighted by molar-refractivity contribution is -0.114. The molecular formula is C26H35FN4O3. The maximum absolute atomic E-state index is 13.6. The van der Waals surface area contributed by atoms with Crippen LogP contribution < -0.4 is 20.7 Å². The Morgan fingerprint density at radius 1 is 1.12 bits per heavy atom. The number of hydrogen-bond donors (Lipinski definition) is 3. The van der Waals surface area contributed by atoms with Gasteiger partial charge in [-0.1, -0.05) is 18.2 Å². The van der Waals surface area contributed by atoms with Crippen LogP contribution in [-0.2, 0) is 11.3 Å². The Bertz CT molecular complexity index is 973. The average molecular weight is 471 g/mol. The molecule has 0 spiro atoms. The molecule has 0 bridgehead atoms. The van der Waals surface area contributed by atoms with E-state index in [4.69, 9.17) is 4.74 Å². The quantitative estimate of drug-likeness (QED) is 0.532. The number of likely N-dealkylation sites (tertiary alicyclic amines) is 1. The van der Waals surface area contributed by atoms with Crippen LogP contribution in [-0.4, -0.2) is 43.1 Å². The number of anilines is 1. The third-order valence-electron chi connectivity index (χ3n) is 5.95. The molecule has 1 unspecified atom stereocenters. The molecule has 3 N–H and O–H groups in total. The van der Waals surface area contributed by atoms with Crippen molar-refractivity contribution in [3.8, 4) is 5.75 Å². The molecule has 3 rings (SSSR count). The minimum atomic E-state index is -0.454. The molecular weight excluding hydrogens is 435 g/mol. The first-order chi connectivity index (χ1) is 16.2. The van der Waals surface area contributed by atoms with Crippen molar-refractivity contribution in [2.24, 2.45) is 5.92 Å². The summed E-state index contributed by atoms with van der Waals surface area (Å²) in [6, 6.07) is 11.5. The minimum absolute atomic E-state index is 0.0910. The normalized spacial score (nSPS) is 15.6. The first kappa shape index (κ1) is 25.5. The smallest absolute Gasteiger partial charge is 0.315 e. The molecule has 0 radical (unpaired) electrons. The largest absolute Gasteiger partial charge is 0.491 e. The van der Waals surface area contributed by atoms with Crippen molar-refractivity contribution in [3.05, 3.63) is 59.4 Å². The number of nitrogens with one attached hydrogen (secondary N) is 3. The fourth-order valence-corrected chi connectivity index (χ4v) is 4.24. The van der Waals surface area contributed by atoms with Crippen molar-refractivity contribution in [1.82, 2.24) is 15.5 Å². The van der Waals surface area contributed by atoms with Crippen molar-refractivity contribution in [2.45, 2.75) is 52.3 Å². The van der Waals surface area contributed by atoms with Crippen molar-refractivity contribution in [2.75, 3.05) is 25.5 Å². The second kappa shape index (κ2) is 11.8. The highest BCUT2D eigenvalue weighted by atomic mass is 19.1. The van der Waals surface area contributed by atoms with Crippen molar-refractivity contribution >= 4 is 17.6 Å². The molecule has 1 atom stereocenters. The van der Waals surface area contributed by atoms with E-state index in [1.54, 1.807) is 6.07 Å². The molecule has 1 fully saturated rings. The van der Waals surface area contributed by atoms with Gasteiger partial charge in [-0.25, -0.2) is 9.18 Å². The Morgan fingerprint density at radius 2 is 1.79 bits per heavy atom. The van der Waals surface area contributed by atoms with Crippen LogP contribution in [0.5, 0.6) is 5.75 Å². The summed E-state index contributed by atoms with van der Waals surface area (Å²) in [4.78, 5) is 26.7. The van der Waals surface area contributed by atoms with Crippen LogP contribution in [0.1, 0.15) is 50.8 Å². The summed E-state index contributed by atoms with van der Waals surface area (Å²) in [7, 11) is 2.11. The van der Waals surface area contributed by atoms with Gasteiger partial charge < -0.3 is 25.6 Å². The lowest BCUT2D eigenvalue weighted by Crippen LogP contribution is -2.43. The Kier molecular flexibility index (Phi) is 8.87. The zero-order valence-corrected chi connectivity index (χ0v) is 20.4. The molecule has 7 nitrogen and oxygen atoms in total. The summed E-state index contributed by atoms with van der Waals surface area (Å²) in [5.41, 5.74) is 2.00. The number of carbonyl (C=O) groups is 2. The average Bonchev–Trinajstić information content (AvgIpc) is 2.77. The van der Waals surface area contributed by atoms with E-state index in [0.29, 0.717) is 17.2 Å². The molecule has 34 heavy (non-hydrogen) atoms. The molecule has 0 aliphatic carbocycles. The molecule has 8 heteroatoms. The monoisotopic (exact) mass is 470 g/mol. The summed E-state index contributed by atoms with van der Waals surface area (Å²) in [6.45, 7) is 7.45. The number of halogens is 1.